The number of piperidine rings is 1. The van der Waals surface area contributed by atoms with E-state index in [9.17, 15) is 19.2 Å². The quantitative estimate of drug-likeness (QED) is 0.535. The lowest BCUT2D eigenvalue weighted by molar-refractivity contribution is -0.148. The first kappa shape index (κ1) is 22.7. The van der Waals surface area contributed by atoms with Crippen molar-refractivity contribution in [2.75, 3.05) is 42.0 Å². The lowest BCUT2D eigenvalue weighted by atomic mass is 9.92. The van der Waals surface area contributed by atoms with Crippen molar-refractivity contribution in [3.8, 4) is 11.5 Å². The standard InChI is InChI=1S/C23H25N5O7/c1-2-33-22(32)12-5-7-28(8-6-12)23-26-19-18(21(31)27-23)14(10-17(29)25-19)20(30)24-13-3-4-15-16(9-13)35-11-34-15/h3-4,9,12,14H,2,5-8,10-11H2,1H3,(H,24,30)(H2,25,26,27,29,31)/t14-/m0/s1. The maximum absolute atomic E-state index is 13.1. The van der Waals surface area contributed by atoms with Crippen molar-refractivity contribution in [3.05, 3.63) is 34.1 Å². The SMILES string of the molecule is CCOC(=O)C1CCN(c2nc3c(c(=O)[nH]2)[C@@H](C(=O)Nc2ccc4c(c2)OCO4)CC(=O)N3)CC1. The molecule has 0 aliphatic carbocycles. The van der Waals surface area contributed by atoms with Gasteiger partial charge in [-0.3, -0.25) is 24.2 Å². The van der Waals surface area contributed by atoms with Gasteiger partial charge in [-0.25, -0.2) is 0 Å². The summed E-state index contributed by atoms with van der Waals surface area (Å²) in [7, 11) is 0. The molecule has 2 amide bonds. The van der Waals surface area contributed by atoms with Gasteiger partial charge >= 0.3 is 5.97 Å². The number of aromatic nitrogens is 2. The van der Waals surface area contributed by atoms with Crippen LogP contribution in [0.2, 0.25) is 0 Å². The predicted octanol–water partition coefficient (Wildman–Crippen LogP) is 1.34. The van der Waals surface area contributed by atoms with E-state index in [0.29, 0.717) is 49.7 Å². The Morgan fingerprint density at radius 3 is 2.74 bits per heavy atom. The Hall–Kier alpha value is -4.09. The van der Waals surface area contributed by atoms with Crippen molar-refractivity contribution in [1.29, 1.82) is 0 Å². The van der Waals surface area contributed by atoms with E-state index in [1.165, 1.54) is 0 Å². The molecule has 12 nitrogen and oxygen atoms in total. The molecule has 1 aromatic heterocycles. The highest BCUT2D eigenvalue weighted by Crippen LogP contribution is 2.35. The van der Waals surface area contributed by atoms with E-state index in [1.807, 2.05) is 4.90 Å². The van der Waals surface area contributed by atoms with Crippen molar-refractivity contribution in [3.63, 3.8) is 0 Å². The van der Waals surface area contributed by atoms with Crippen LogP contribution >= 0.6 is 0 Å². The van der Waals surface area contributed by atoms with Crippen molar-refractivity contribution >= 4 is 35.2 Å². The second-order valence-corrected chi connectivity index (χ2v) is 8.53. The fourth-order valence-corrected chi connectivity index (χ4v) is 4.52. The van der Waals surface area contributed by atoms with Crippen LogP contribution in [0.3, 0.4) is 0 Å². The predicted molar refractivity (Wildman–Crippen MR) is 124 cm³/mol. The van der Waals surface area contributed by atoms with Crippen LogP contribution in [-0.2, 0) is 19.1 Å². The number of benzene rings is 1. The Morgan fingerprint density at radius 1 is 1.20 bits per heavy atom. The molecule has 1 atom stereocenters. The number of hydrogen-bond acceptors (Lipinski definition) is 9. The Bertz CT molecular complexity index is 1240. The number of carbonyl (C=O) groups excluding carboxylic acids is 3. The molecule has 0 radical (unpaired) electrons. The van der Waals surface area contributed by atoms with Gasteiger partial charge in [0, 0.05) is 31.3 Å². The molecule has 184 valence electrons. The molecule has 3 N–H and O–H groups in total. The normalized spacial score (nSPS) is 19.1. The van der Waals surface area contributed by atoms with E-state index in [0.717, 1.165) is 0 Å². The van der Waals surface area contributed by atoms with E-state index < -0.39 is 23.3 Å². The average molecular weight is 483 g/mol. The van der Waals surface area contributed by atoms with Crippen LogP contribution in [0.15, 0.2) is 23.0 Å². The van der Waals surface area contributed by atoms with E-state index >= 15 is 0 Å². The number of amides is 2. The highest BCUT2D eigenvalue weighted by Gasteiger charge is 2.36. The largest absolute Gasteiger partial charge is 0.466 e. The monoisotopic (exact) mass is 483 g/mol. The Balaban J connectivity index is 1.34. The second-order valence-electron chi connectivity index (χ2n) is 8.53. The smallest absolute Gasteiger partial charge is 0.309 e. The summed E-state index contributed by atoms with van der Waals surface area (Å²) in [6, 6.07) is 4.95. The van der Waals surface area contributed by atoms with E-state index in [1.54, 1.807) is 25.1 Å². The number of carbonyl (C=O) groups is 3. The van der Waals surface area contributed by atoms with Crippen molar-refractivity contribution in [2.24, 2.45) is 5.92 Å². The first-order chi connectivity index (χ1) is 16.9. The summed E-state index contributed by atoms with van der Waals surface area (Å²) in [5.74, 6) is -0.910. The van der Waals surface area contributed by atoms with Gasteiger partial charge in [-0.05, 0) is 31.9 Å². The van der Waals surface area contributed by atoms with Gasteiger partial charge in [0.15, 0.2) is 11.5 Å². The fourth-order valence-electron chi connectivity index (χ4n) is 4.52. The molecule has 5 rings (SSSR count). The van der Waals surface area contributed by atoms with Gasteiger partial charge in [0.2, 0.25) is 24.6 Å². The summed E-state index contributed by atoms with van der Waals surface area (Å²) in [5.41, 5.74) is 0.0635. The zero-order chi connectivity index (χ0) is 24.5. The summed E-state index contributed by atoms with van der Waals surface area (Å²) >= 11 is 0. The lowest BCUT2D eigenvalue weighted by Crippen LogP contribution is -2.41. The second kappa shape index (κ2) is 9.28. The third kappa shape index (κ3) is 4.51. The van der Waals surface area contributed by atoms with Crippen LogP contribution in [0.1, 0.15) is 37.7 Å². The van der Waals surface area contributed by atoms with Gasteiger partial charge in [-0.15, -0.1) is 0 Å². The van der Waals surface area contributed by atoms with E-state index in [4.69, 9.17) is 14.2 Å². The van der Waals surface area contributed by atoms with Gasteiger partial charge in [-0.1, -0.05) is 0 Å². The van der Waals surface area contributed by atoms with Crippen LogP contribution in [0, 0.1) is 5.92 Å². The number of hydrogen-bond donors (Lipinski definition) is 3. The first-order valence-corrected chi connectivity index (χ1v) is 11.5. The molecule has 3 aliphatic rings. The maximum atomic E-state index is 13.1. The van der Waals surface area contributed by atoms with Gasteiger partial charge in [-0.2, -0.15) is 4.98 Å². The van der Waals surface area contributed by atoms with Crippen molar-refractivity contribution < 1.29 is 28.6 Å². The molecule has 1 aromatic carbocycles. The average Bonchev–Trinajstić information content (AvgIpc) is 3.31. The molecule has 35 heavy (non-hydrogen) atoms. The molecule has 0 saturated carbocycles. The number of H-pyrrole nitrogens is 1. The molecule has 1 fully saturated rings. The van der Waals surface area contributed by atoms with Gasteiger partial charge in [0.05, 0.1) is 24.0 Å². The van der Waals surface area contributed by atoms with Crippen LogP contribution in [0.5, 0.6) is 11.5 Å². The van der Waals surface area contributed by atoms with Crippen LogP contribution in [0.25, 0.3) is 0 Å². The summed E-state index contributed by atoms with van der Waals surface area (Å²) in [6.07, 6.45) is 0.942. The highest BCUT2D eigenvalue weighted by atomic mass is 16.7. The van der Waals surface area contributed by atoms with Gasteiger partial charge < -0.3 is 29.7 Å². The van der Waals surface area contributed by atoms with Crippen LogP contribution < -0.4 is 30.6 Å². The summed E-state index contributed by atoms with van der Waals surface area (Å²) < 4.78 is 15.7. The van der Waals surface area contributed by atoms with Crippen molar-refractivity contribution in [1.82, 2.24) is 9.97 Å². The summed E-state index contributed by atoms with van der Waals surface area (Å²) in [4.78, 5) is 59.5. The third-order valence-electron chi connectivity index (χ3n) is 6.31. The number of rotatable bonds is 5. The molecule has 0 bridgehead atoms. The summed E-state index contributed by atoms with van der Waals surface area (Å²) in [6.45, 7) is 3.20. The molecular formula is C23H25N5O7. The number of fused-ring (bicyclic) bond motifs is 2. The fraction of sp³-hybridized carbons (Fsp3) is 0.435. The molecule has 4 heterocycles. The number of nitrogens with zero attached hydrogens (tertiary/aromatic N) is 2. The van der Waals surface area contributed by atoms with Crippen molar-refractivity contribution in [2.45, 2.75) is 32.1 Å². The van der Waals surface area contributed by atoms with E-state index in [2.05, 4.69) is 20.6 Å². The van der Waals surface area contributed by atoms with E-state index in [-0.39, 0.29) is 42.4 Å². The number of aromatic amines is 1. The summed E-state index contributed by atoms with van der Waals surface area (Å²) in [5, 5.41) is 5.36. The Morgan fingerprint density at radius 2 is 1.97 bits per heavy atom. The van der Waals surface area contributed by atoms with Gasteiger partial charge in [0.1, 0.15) is 5.82 Å². The van der Waals surface area contributed by atoms with Crippen LogP contribution in [0.4, 0.5) is 17.5 Å². The zero-order valence-electron chi connectivity index (χ0n) is 19.1. The molecule has 0 unspecified atom stereocenters. The Kier molecular flexibility index (Phi) is 6.01. The first-order valence-electron chi connectivity index (χ1n) is 11.5. The maximum Gasteiger partial charge on any atom is 0.309 e. The Labute approximate surface area is 200 Å². The number of ether oxygens (including phenoxy) is 3. The number of anilines is 3. The minimum atomic E-state index is -1.01. The topological polar surface area (TPSA) is 152 Å². The molecule has 12 heteroatoms. The molecule has 2 aromatic rings. The number of nitrogens with one attached hydrogen (secondary N) is 3. The van der Waals surface area contributed by atoms with Crippen LogP contribution in [-0.4, -0.2) is 54.2 Å². The lowest BCUT2D eigenvalue weighted by Gasteiger charge is -2.32. The third-order valence-corrected chi connectivity index (χ3v) is 6.31. The minimum Gasteiger partial charge on any atom is -0.466 e. The molecule has 1 saturated heterocycles. The molecule has 0 spiro atoms. The molecule has 3 aliphatic heterocycles. The minimum absolute atomic E-state index is 0.0679. The highest BCUT2D eigenvalue weighted by molar-refractivity contribution is 6.04. The molecular weight excluding hydrogens is 458 g/mol. The number of esters is 1. The van der Waals surface area contributed by atoms with Gasteiger partial charge in [0.25, 0.3) is 5.56 Å². The zero-order valence-corrected chi connectivity index (χ0v) is 19.1.